The van der Waals surface area contributed by atoms with Crippen LogP contribution in [0.5, 0.6) is 0 Å². The van der Waals surface area contributed by atoms with Gasteiger partial charge in [-0.2, -0.15) is 5.10 Å². The van der Waals surface area contributed by atoms with E-state index in [0.717, 1.165) is 5.56 Å². The lowest BCUT2D eigenvalue weighted by molar-refractivity contribution is 0.262. The summed E-state index contributed by atoms with van der Waals surface area (Å²) in [5, 5.41) is 12.7. The number of nitrogens with two attached hydrogens (primary N) is 1. The first-order valence-electron chi connectivity index (χ1n) is 5.42. The fourth-order valence-electron chi connectivity index (χ4n) is 1.37. The molecule has 1 heterocycles. The van der Waals surface area contributed by atoms with E-state index in [1.165, 1.54) is 6.20 Å². The van der Waals surface area contributed by atoms with E-state index in [0.29, 0.717) is 18.1 Å². The average molecular weight is 243 g/mol. The van der Waals surface area contributed by atoms with Crippen molar-refractivity contribution in [2.24, 2.45) is 5.73 Å². The highest BCUT2D eigenvalue weighted by Gasteiger charge is 2.03. The summed E-state index contributed by atoms with van der Waals surface area (Å²) in [6.07, 6.45) is 1.54. The maximum Gasteiger partial charge on any atom is 0.324 e. The minimum absolute atomic E-state index is 0.365. The molecule has 0 fully saturated rings. The highest BCUT2D eigenvalue weighted by Crippen LogP contribution is 2.09. The first-order valence-corrected chi connectivity index (χ1v) is 5.42. The molecule has 6 heteroatoms. The first-order chi connectivity index (χ1) is 8.78. The van der Waals surface area contributed by atoms with E-state index in [1.807, 2.05) is 12.1 Å². The monoisotopic (exact) mass is 243 g/mol. The van der Waals surface area contributed by atoms with Gasteiger partial charge in [0.25, 0.3) is 0 Å². The van der Waals surface area contributed by atoms with Crippen LogP contribution in [0, 0.1) is 0 Å². The van der Waals surface area contributed by atoms with Gasteiger partial charge in [-0.1, -0.05) is 12.1 Å². The van der Waals surface area contributed by atoms with Crippen molar-refractivity contribution in [3.05, 3.63) is 48.2 Å². The van der Waals surface area contributed by atoms with Crippen LogP contribution in [0.1, 0.15) is 5.56 Å². The van der Waals surface area contributed by atoms with Crippen LogP contribution in [0.3, 0.4) is 0 Å². The van der Waals surface area contributed by atoms with Crippen LogP contribution >= 0.6 is 0 Å². The molecule has 0 atom stereocenters. The topological polar surface area (TPSA) is 92.9 Å². The Morgan fingerprint density at radius 1 is 1.17 bits per heavy atom. The van der Waals surface area contributed by atoms with Gasteiger partial charge in [0.05, 0.1) is 0 Å². The average Bonchev–Trinajstić information content (AvgIpc) is 2.40. The van der Waals surface area contributed by atoms with Crippen LogP contribution in [-0.2, 0) is 6.54 Å². The lowest BCUT2D eigenvalue weighted by Gasteiger charge is -2.06. The van der Waals surface area contributed by atoms with E-state index in [4.69, 9.17) is 5.73 Å². The second kappa shape index (κ2) is 5.74. The molecular formula is C12H13N5O. The van der Waals surface area contributed by atoms with Crippen molar-refractivity contribution in [3.63, 3.8) is 0 Å². The highest BCUT2D eigenvalue weighted by atomic mass is 16.2. The third kappa shape index (κ3) is 3.26. The third-order valence-electron chi connectivity index (χ3n) is 2.26. The maximum atomic E-state index is 11.6. The van der Waals surface area contributed by atoms with Gasteiger partial charge < -0.3 is 11.1 Å². The predicted octanol–water partition coefficient (Wildman–Crippen LogP) is 1.58. The molecule has 0 aliphatic rings. The zero-order valence-electron chi connectivity index (χ0n) is 9.63. The lowest BCUT2D eigenvalue weighted by atomic mass is 10.2. The summed E-state index contributed by atoms with van der Waals surface area (Å²) in [7, 11) is 0. The van der Waals surface area contributed by atoms with Gasteiger partial charge in [0.15, 0.2) is 5.82 Å². The predicted molar refractivity (Wildman–Crippen MR) is 69.0 cm³/mol. The molecule has 0 radical (unpaired) electrons. The van der Waals surface area contributed by atoms with E-state index in [-0.39, 0.29) is 6.03 Å². The van der Waals surface area contributed by atoms with Gasteiger partial charge in [-0.05, 0) is 29.8 Å². The van der Waals surface area contributed by atoms with Crippen molar-refractivity contribution in [2.75, 3.05) is 10.6 Å². The molecule has 2 aromatic rings. The van der Waals surface area contributed by atoms with Crippen molar-refractivity contribution >= 4 is 17.5 Å². The number of aromatic nitrogens is 2. The van der Waals surface area contributed by atoms with Crippen LogP contribution in [-0.4, -0.2) is 16.2 Å². The smallest absolute Gasteiger partial charge is 0.324 e. The normalized spacial score (nSPS) is 9.83. The van der Waals surface area contributed by atoms with Crippen LogP contribution in [0.25, 0.3) is 0 Å². The first kappa shape index (κ1) is 12.0. The van der Waals surface area contributed by atoms with Gasteiger partial charge in [0.2, 0.25) is 0 Å². The standard InChI is InChI=1S/C12H13N5O/c13-8-9-3-5-10(6-4-9)15-12(18)16-11-2-1-7-14-17-11/h1-7H,8,13H2,(H2,15,16,17,18). The van der Waals surface area contributed by atoms with Crippen molar-refractivity contribution in [1.82, 2.24) is 10.2 Å². The van der Waals surface area contributed by atoms with Crippen LogP contribution < -0.4 is 16.4 Å². The number of urea groups is 1. The van der Waals surface area contributed by atoms with Gasteiger partial charge in [-0.25, -0.2) is 4.79 Å². The maximum absolute atomic E-state index is 11.6. The van der Waals surface area contributed by atoms with Crippen LogP contribution in [0.15, 0.2) is 42.6 Å². The van der Waals surface area contributed by atoms with E-state index in [1.54, 1.807) is 24.3 Å². The largest absolute Gasteiger partial charge is 0.326 e. The number of anilines is 2. The summed E-state index contributed by atoms with van der Waals surface area (Å²) in [5.41, 5.74) is 7.19. The summed E-state index contributed by atoms with van der Waals surface area (Å²) >= 11 is 0. The molecule has 2 rings (SSSR count). The Morgan fingerprint density at radius 2 is 1.94 bits per heavy atom. The zero-order chi connectivity index (χ0) is 12.8. The summed E-state index contributed by atoms with van der Waals surface area (Å²) < 4.78 is 0. The Kier molecular flexibility index (Phi) is 3.83. The van der Waals surface area contributed by atoms with Crippen LogP contribution in [0.4, 0.5) is 16.3 Å². The SMILES string of the molecule is NCc1ccc(NC(=O)Nc2cccnn2)cc1. The Bertz CT molecular complexity index is 512. The quantitative estimate of drug-likeness (QED) is 0.763. The minimum atomic E-state index is -0.365. The number of hydrogen-bond donors (Lipinski definition) is 3. The Labute approximate surface area is 104 Å². The molecule has 6 nitrogen and oxygen atoms in total. The molecule has 92 valence electrons. The van der Waals surface area contributed by atoms with E-state index >= 15 is 0 Å². The summed E-state index contributed by atoms with van der Waals surface area (Å²) in [6, 6.07) is 10.3. The summed E-state index contributed by atoms with van der Waals surface area (Å²) in [6.45, 7) is 0.478. The fourth-order valence-corrected chi connectivity index (χ4v) is 1.37. The number of carbonyl (C=O) groups is 1. The lowest BCUT2D eigenvalue weighted by Crippen LogP contribution is -2.20. The second-order valence-electron chi connectivity index (χ2n) is 3.59. The molecule has 1 aromatic heterocycles. The molecule has 1 aromatic carbocycles. The van der Waals surface area contributed by atoms with E-state index in [2.05, 4.69) is 20.8 Å². The molecule has 0 saturated carbocycles. The number of hydrogen-bond acceptors (Lipinski definition) is 4. The molecule has 2 amide bonds. The molecule has 4 N–H and O–H groups in total. The van der Waals surface area contributed by atoms with Crippen LogP contribution in [0.2, 0.25) is 0 Å². The number of benzene rings is 1. The molecule has 0 bridgehead atoms. The minimum Gasteiger partial charge on any atom is -0.326 e. The molecule has 0 unspecified atom stereocenters. The number of amides is 2. The number of nitrogens with one attached hydrogen (secondary N) is 2. The molecule has 0 aliphatic heterocycles. The van der Waals surface area contributed by atoms with Gasteiger partial charge in [-0.15, -0.1) is 5.10 Å². The van der Waals surface area contributed by atoms with E-state index < -0.39 is 0 Å². The van der Waals surface area contributed by atoms with Crippen molar-refractivity contribution in [2.45, 2.75) is 6.54 Å². The number of carbonyl (C=O) groups excluding carboxylic acids is 1. The number of rotatable bonds is 3. The van der Waals surface area contributed by atoms with Gasteiger partial charge in [0, 0.05) is 18.4 Å². The Morgan fingerprint density at radius 3 is 2.56 bits per heavy atom. The Hall–Kier alpha value is -2.47. The van der Waals surface area contributed by atoms with Gasteiger partial charge in [0.1, 0.15) is 0 Å². The summed E-state index contributed by atoms with van der Waals surface area (Å²) in [5.74, 6) is 0.397. The fraction of sp³-hybridized carbons (Fsp3) is 0.0833. The molecule has 0 aliphatic carbocycles. The molecular weight excluding hydrogens is 230 g/mol. The Balaban J connectivity index is 1.94. The molecule has 18 heavy (non-hydrogen) atoms. The van der Waals surface area contributed by atoms with Gasteiger partial charge in [-0.3, -0.25) is 5.32 Å². The highest BCUT2D eigenvalue weighted by molar-refractivity contribution is 5.99. The molecule has 0 spiro atoms. The molecule has 0 saturated heterocycles. The van der Waals surface area contributed by atoms with Crippen molar-refractivity contribution in [1.29, 1.82) is 0 Å². The third-order valence-corrected chi connectivity index (χ3v) is 2.26. The zero-order valence-corrected chi connectivity index (χ0v) is 9.63. The van der Waals surface area contributed by atoms with Gasteiger partial charge >= 0.3 is 6.03 Å². The second-order valence-corrected chi connectivity index (χ2v) is 3.59. The van der Waals surface area contributed by atoms with Crippen molar-refractivity contribution in [3.8, 4) is 0 Å². The number of nitrogens with zero attached hydrogens (tertiary/aromatic N) is 2. The summed E-state index contributed by atoms with van der Waals surface area (Å²) in [4.78, 5) is 11.6. The van der Waals surface area contributed by atoms with E-state index in [9.17, 15) is 4.79 Å². The van der Waals surface area contributed by atoms with Crippen molar-refractivity contribution < 1.29 is 4.79 Å².